The smallest absolute Gasteiger partial charge is 0.311 e. The molecule has 22 heavy (non-hydrogen) atoms. The molecule has 1 N–H and O–H groups in total. The van der Waals surface area contributed by atoms with Gasteiger partial charge in [-0.15, -0.1) is 0 Å². The van der Waals surface area contributed by atoms with Gasteiger partial charge in [0.15, 0.2) is 0 Å². The van der Waals surface area contributed by atoms with Crippen molar-refractivity contribution in [2.24, 2.45) is 0 Å². The Morgan fingerprint density at radius 3 is 2.05 bits per heavy atom. The summed E-state index contributed by atoms with van der Waals surface area (Å²) in [7, 11) is 0. The molecule has 7 heteroatoms. The molecule has 0 aliphatic heterocycles. The average molecular weight is 310 g/mol. The summed E-state index contributed by atoms with van der Waals surface area (Å²) in [6.07, 6.45) is 0.00411. The Morgan fingerprint density at radius 1 is 0.909 bits per heavy atom. The van der Waals surface area contributed by atoms with E-state index in [-0.39, 0.29) is 49.9 Å². The second kappa shape index (κ2) is 9.38. The van der Waals surface area contributed by atoms with E-state index >= 15 is 0 Å². The minimum absolute atomic E-state index is 0.00360. The second-order valence-electron chi connectivity index (χ2n) is 4.26. The van der Waals surface area contributed by atoms with E-state index in [0.29, 0.717) is 0 Å². The van der Waals surface area contributed by atoms with Gasteiger partial charge in [-0.05, 0) is 24.3 Å². The number of rotatable bonds is 8. The van der Waals surface area contributed by atoms with Gasteiger partial charge in [-0.2, -0.15) is 0 Å². The summed E-state index contributed by atoms with van der Waals surface area (Å²) < 4.78 is 14.5. The fourth-order valence-electron chi connectivity index (χ4n) is 1.39. The predicted molar refractivity (Wildman–Crippen MR) is 75.2 cm³/mol. The molecule has 0 amide bonds. The summed E-state index contributed by atoms with van der Waals surface area (Å²) in [4.78, 5) is 33.7. The van der Waals surface area contributed by atoms with E-state index < -0.39 is 11.9 Å². The van der Waals surface area contributed by atoms with Crippen molar-refractivity contribution in [3.8, 4) is 11.5 Å². The van der Waals surface area contributed by atoms with E-state index in [9.17, 15) is 14.4 Å². The van der Waals surface area contributed by atoms with E-state index in [2.05, 4.69) is 0 Å². The Balaban J connectivity index is 2.16. The number of phenols is 1. The minimum atomic E-state index is -0.583. The summed E-state index contributed by atoms with van der Waals surface area (Å²) in [5.74, 6) is -1.18. The average Bonchev–Trinajstić information content (AvgIpc) is 2.51. The molecule has 0 spiro atoms. The van der Waals surface area contributed by atoms with Crippen LogP contribution >= 0.6 is 0 Å². The van der Waals surface area contributed by atoms with Crippen LogP contribution in [-0.2, 0) is 23.9 Å². The topological polar surface area (TPSA) is 99.1 Å². The number of carbonyl (C=O) groups excluding carboxylic acids is 3. The molecule has 0 unspecified atom stereocenters. The van der Waals surface area contributed by atoms with Crippen molar-refractivity contribution in [1.82, 2.24) is 0 Å². The molecule has 0 saturated carbocycles. The fourth-order valence-corrected chi connectivity index (χ4v) is 1.39. The first-order valence-electron chi connectivity index (χ1n) is 6.82. The Hall–Kier alpha value is -2.57. The Bertz CT molecular complexity index is 507. The molecular formula is C15H18O7. The summed E-state index contributed by atoms with van der Waals surface area (Å²) in [6, 6.07) is 5.64. The molecule has 1 aromatic carbocycles. The van der Waals surface area contributed by atoms with Crippen molar-refractivity contribution in [3.63, 3.8) is 0 Å². The Labute approximate surface area is 127 Å². The molecule has 1 rings (SSSR count). The van der Waals surface area contributed by atoms with Gasteiger partial charge in [0.2, 0.25) is 0 Å². The molecule has 0 saturated heterocycles. The van der Waals surface area contributed by atoms with Crippen LogP contribution in [0.15, 0.2) is 24.3 Å². The van der Waals surface area contributed by atoms with E-state index in [1.54, 1.807) is 6.92 Å². The molecule has 0 aliphatic rings. The number of hydrogen-bond acceptors (Lipinski definition) is 7. The van der Waals surface area contributed by atoms with Crippen LogP contribution in [-0.4, -0.2) is 36.2 Å². The van der Waals surface area contributed by atoms with Crippen LogP contribution in [0.3, 0.4) is 0 Å². The van der Waals surface area contributed by atoms with Gasteiger partial charge in [-0.25, -0.2) is 0 Å². The predicted octanol–water partition coefficient (Wildman–Crippen LogP) is 1.57. The first kappa shape index (κ1) is 17.5. The molecule has 0 atom stereocenters. The monoisotopic (exact) mass is 310 g/mol. The summed E-state index contributed by atoms with van der Waals surface area (Å²) in [5, 5.41) is 9.09. The van der Waals surface area contributed by atoms with E-state index in [0.717, 1.165) is 0 Å². The minimum Gasteiger partial charge on any atom is -0.508 e. The van der Waals surface area contributed by atoms with E-state index in [1.807, 2.05) is 0 Å². The molecule has 1 aromatic rings. The van der Waals surface area contributed by atoms with E-state index in [1.165, 1.54) is 24.3 Å². The van der Waals surface area contributed by atoms with Gasteiger partial charge in [-0.3, -0.25) is 14.4 Å². The van der Waals surface area contributed by atoms with Crippen LogP contribution in [0.5, 0.6) is 11.5 Å². The van der Waals surface area contributed by atoms with Crippen molar-refractivity contribution in [1.29, 1.82) is 0 Å². The highest BCUT2D eigenvalue weighted by molar-refractivity contribution is 5.79. The summed E-state index contributed by atoms with van der Waals surface area (Å²) >= 11 is 0. The zero-order valence-electron chi connectivity index (χ0n) is 12.2. The standard InChI is InChI=1S/C15H18O7/c1-2-13(17)20-9-10-21-14(18)7-8-15(19)22-12-5-3-11(16)4-6-12/h3-6,16H,2,7-10H2,1H3. The largest absolute Gasteiger partial charge is 0.508 e. The van der Waals surface area contributed by atoms with Gasteiger partial charge in [0.1, 0.15) is 24.7 Å². The van der Waals surface area contributed by atoms with Crippen LogP contribution in [0.25, 0.3) is 0 Å². The number of esters is 3. The zero-order chi connectivity index (χ0) is 16.4. The number of benzene rings is 1. The lowest BCUT2D eigenvalue weighted by atomic mass is 10.3. The van der Waals surface area contributed by atoms with Crippen molar-refractivity contribution in [2.75, 3.05) is 13.2 Å². The maximum Gasteiger partial charge on any atom is 0.311 e. The molecule has 0 aromatic heterocycles. The Morgan fingerprint density at radius 2 is 1.45 bits per heavy atom. The highest BCUT2D eigenvalue weighted by atomic mass is 16.6. The zero-order valence-corrected chi connectivity index (χ0v) is 12.2. The van der Waals surface area contributed by atoms with Crippen molar-refractivity contribution in [3.05, 3.63) is 24.3 Å². The maximum atomic E-state index is 11.5. The van der Waals surface area contributed by atoms with Crippen molar-refractivity contribution >= 4 is 17.9 Å². The first-order chi connectivity index (χ1) is 10.5. The van der Waals surface area contributed by atoms with Crippen LogP contribution in [0, 0.1) is 0 Å². The summed E-state index contributed by atoms with van der Waals surface area (Å²) in [5.41, 5.74) is 0. The Kier molecular flexibility index (Phi) is 7.45. The van der Waals surface area contributed by atoms with Gasteiger partial charge in [0.05, 0.1) is 12.8 Å². The van der Waals surface area contributed by atoms with Gasteiger partial charge in [0, 0.05) is 6.42 Å². The third-order valence-corrected chi connectivity index (χ3v) is 2.50. The molecule has 0 fully saturated rings. The fraction of sp³-hybridized carbons (Fsp3) is 0.400. The molecule has 7 nitrogen and oxygen atoms in total. The number of hydrogen-bond donors (Lipinski definition) is 1. The second-order valence-corrected chi connectivity index (χ2v) is 4.26. The molecular weight excluding hydrogens is 292 g/mol. The highest BCUT2D eigenvalue weighted by Crippen LogP contribution is 2.16. The molecule has 0 heterocycles. The van der Waals surface area contributed by atoms with Crippen LogP contribution < -0.4 is 4.74 Å². The number of carbonyl (C=O) groups is 3. The van der Waals surface area contributed by atoms with Gasteiger partial charge in [0.25, 0.3) is 0 Å². The van der Waals surface area contributed by atoms with Crippen LogP contribution in [0.4, 0.5) is 0 Å². The maximum absolute atomic E-state index is 11.5. The summed E-state index contributed by atoms with van der Waals surface area (Å²) in [6.45, 7) is 1.61. The SMILES string of the molecule is CCC(=O)OCCOC(=O)CCC(=O)Oc1ccc(O)cc1. The molecule has 0 bridgehead atoms. The first-order valence-corrected chi connectivity index (χ1v) is 6.82. The number of phenolic OH excluding ortho intramolecular Hbond substituents is 1. The lowest BCUT2D eigenvalue weighted by Gasteiger charge is -2.06. The van der Waals surface area contributed by atoms with E-state index in [4.69, 9.17) is 19.3 Å². The normalized spacial score (nSPS) is 9.86. The van der Waals surface area contributed by atoms with Crippen molar-refractivity contribution in [2.45, 2.75) is 26.2 Å². The van der Waals surface area contributed by atoms with Crippen LogP contribution in [0.2, 0.25) is 0 Å². The lowest BCUT2D eigenvalue weighted by molar-refractivity contribution is -0.153. The molecule has 0 radical (unpaired) electrons. The quantitative estimate of drug-likeness (QED) is 0.442. The van der Waals surface area contributed by atoms with Crippen molar-refractivity contribution < 1.29 is 33.7 Å². The van der Waals surface area contributed by atoms with Gasteiger partial charge < -0.3 is 19.3 Å². The molecule has 120 valence electrons. The number of aromatic hydroxyl groups is 1. The lowest BCUT2D eigenvalue weighted by Crippen LogP contribution is -2.15. The third kappa shape index (κ3) is 7.28. The molecule has 0 aliphatic carbocycles. The number of ether oxygens (including phenoxy) is 3. The van der Waals surface area contributed by atoms with Gasteiger partial charge >= 0.3 is 17.9 Å². The third-order valence-electron chi connectivity index (χ3n) is 2.50. The van der Waals surface area contributed by atoms with Gasteiger partial charge in [-0.1, -0.05) is 6.92 Å². The van der Waals surface area contributed by atoms with Crippen LogP contribution in [0.1, 0.15) is 26.2 Å². The highest BCUT2D eigenvalue weighted by Gasteiger charge is 2.10.